The van der Waals surface area contributed by atoms with Crippen LogP contribution in [0.3, 0.4) is 0 Å². The zero-order valence-electron chi connectivity index (χ0n) is 20.3. The average Bonchev–Trinajstić information content (AvgIpc) is 3.50. The van der Waals surface area contributed by atoms with Crippen LogP contribution in [0.1, 0.15) is 40.0 Å². The number of Topliss-reactive ketones (excluding diaryl/α,β-unsaturated/α-hetero) is 1. The minimum absolute atomic E-state index is 0.0623. The second-order valence-electron chi connectivity index (χ2n) is 9.33. The van der Waals surface area contributed by atoms with E-state index >= 15 is 0 Å². The minimum Gasteiger partial charge on any atom is -0.360 e. The minimum atomic E-state index is -0.436. The van der Waals surface area contributed by atoms with Crippen LogP contribution in [0, 0.1) is 6.92 Å². The number of rotatable bonds is 8. The number of nitrogens with one attached hydrogen (secondary N) is 2. The zero-order chi connectivity index (χ0) is 24.4. The van der Waals surface area contributed by atoms with Crippen LogP contribution in [-0.4, -0.2) is 26.6 Å². The Morgan fingerprint density at radius 2 is 1.80 bits per heavy atom. The molecule has 2 heterocycles. The molecular formula is C30H30N4O. The lowest BCUT2D eigenvalue weighted by molar-refractivity contribution is 0.0938. The maximum atomic E-state index is 13.9. The Morgan fingerprint density at radius 3 is 2.51 bits per heavy atom. The van der Waals surface area contributed by atoms with Gasteiger partial charge in [0.15, 0.2) is 5.78 Å². The van der Waals surface area contributed by atoms with E-state index in [4.69, 9.17) is 0 Å². The van der Waals surface area contributed by atoms with Crippen LogP contribution in [0.4, 0.5) is 0 Å². The molecule has 0 amide bonds. The van der Waals surface area contributed by atoms with E-state index in [9.17, 15) is 4.79 Å². The smallest absolute Gasteiger partial charge is 0.186 e. The number of benzene rings is 3. The molecule has 0 saturated carbocycles. The Labute approximate surface area is 205 Å². The summed E-state index contributed by atoms with van der Waals surface area (Å²) < 4.78 is 1.79. The van der Waals surface area contributed by atoms with Gasteiger partial charge in [-0.1, -0.05) is 72.3 Å². The first-order valence-corrected chi connectivity index (χ1v) is 12.0. The third-order valence-electron chi connectivity index (χ3n) is 6.49. The molecule has 0 radical (unpaired) electrons. The monoisotopic (exact) mass is 462 g/mol. The van der Waals surface area contributed by atoms with Crippen LogP contribution in [0.15, 0.2) is 91.4 Å². The van der Waals surface area contributed by atoms with Crippen molar-refractivity contribution in [1.29, 1.82) is 0 Å². The van der Waals surface area contributed by atoms with Gasteiger partial charge in [0.2, 0.25) is 0 Å². The molecule has 0 fully saturated rings. The maximum absolute atomic E-state index is 13.9. The molecule has 5 rings (SSSR count). The van der Waals surface area contributed by atoms with Gasteiger partial charge in [-0.25, -0.2) is 0 Å². The van der Waals surface area contributed by atoms with Crippen molar-refractivity contribution in [2.75, 3.05) is 0 Å². The summed E-state index contributed by atoms with van der Waals surface area (Å²) in [6, 6.07) is 24.4. The molecule has 0 spiro atoms. The van der Waals surface area contributed by atoms with Gasteiger partial charge in [-0.3, -0.25) is 9.48 Å². The van der Waals surface area contributed by atoms with Gasteiger partial charge in [0.25, 0.3) is 0 Å². The van der Waals surface area contributed by atoms with Gasteiger partial charge in [-0.15, -0.1) is 0 Å². The predicted molar refractivity (Wildman–Crippen MR) is 141 cm³/mol. The molecule has 2 aromatic heterocycles. The van der Waals surface area contributed by atoms with Crippen molar-refractivity contribution in [3.63, 3.8) is 0 Å². The first-order chi connectivity index (χ1) is 17.0. The molecule has 2 N–H and O–H groups in total. The molecule has 0 saturated heterocycles. The molecule has 0 bridgehead atoms. The van der Waals surface area contributed by atoms with Gasteiger partial charge >= 0.3 is 0 Å². The quantitative estimate of drug-likeness (QED) is 0.277. The third-order valence-corrected chi connectivity index (χ3v) is 6.49. The number of aryl methyl sites for hydroxylation is 2. The molecule has 1 unspecified atom stereocenters. The fraction of sp³-hybridized carbons (Fsp3) is 0.200. The molecule has 176 valence electrons. The normalized spacial score (nSPS) is 13.1. The van der Waals surface area contributed by atoms with Crippen molar-refractivity contribution in [2.24, 2.45) is 7.05 Å². The Balaban J connectivity index is 1.43. The van der Waals surface area contributed by atoms with Crippen molar-refractivity contribution >= 4 is 16.7 Å². The molecule has 5 heteroatoms. The number of aromatic nitrogens is 3. The summed E-state index contributed by atoms with van der Waals surface area (Å²) in [6.07, 6.45) is 6.52. The Hall–Kier alpha value is -3.96. The Bertz CT molecular complexity index is 1450. The number of carbonyl (C=O) groups is 1. The van der Waals surface area contributed by atoms with Crippen LogP contribution in [-0.2, 0) is 13.5 Å². The number of hydrogen-bond acceptors (Lipinski definition) is 3. The number of hydrogen-bond donors (Lipinski definition) is 2. The summed E-state index contributed by atoms with van der Waals surface area (Å²) in [7, 11) is 1.91. The molecular weight excluding hydrogens is 432 g/mol. The van der Waals surface area contributed by atoms with Gasteiger partial charge in [0.05, 0.1) is 12.2 Å². The Morgan fingerprint density at radius 1 is 1.03 bits per heavy atom. The molecule has 0 aliphatic heterocycles. The summed E-state index contributed by atoms with van der Waals surface area (Å²) in [5.41, 5.74) is 7.22. The number of carbonyl (C=O) groups excluding carboxylic acids is 1. The summed E-state index contributed by atoms with van der Waals surface area (Å²) in [5.74, 6) is 0.0623. The van der Waals surface area contributed by atoms with Crippen molar-refractivity contribution < 1.29 is 4.79 Å². The molecule has 35 heavy (non-hydrogen) atoms. The molecule has 3 aromatic carbocycles. The van der Waals surface area contributed by atoms with Crippen molar-refractivity contribution in [3.8, 4) is 11.1 Å². The molecule has 0 aliphatic carbocycles. The SMILES string of the molecule is Cc1ccc(CC(C)N[C@H](C(=O)c2c[nH]c3cc(-c4cnn(C)c4)ccc23)c2ccccc2)cc1. The first kappa shape index (κ1) is 22.8. The van der Waals surface area contributed by atoms with Gasteiger partial charge < -0.3 is 10.3 Å². The van der Waals surface area contributed by atoms with Crippen molar-refractivity contribution in [1.82, 2.24) is 20.1 Å². The number of H-pyrrole nitrogens is 1. The van der Waals surface area contributed by atoms with E-state index in [1.165, 1.54) is 11.1 Å². The summed E-state index contributed by atoms with van der Waals surface area (Å²) in [5, 5.41) is 8.81. The van der Waals surface area contributed by atoms with Gasteiger partial charge in [-0.2, -0.15) is 5.10 Å². The zero-order valence-corrected chi connectivity index (χ0v) is 20.3. The highest BCUT2D eigenvalue weighted by Gasteiger charge is 2.26. The highest BCUT2D eigenvalue weighted by Crippen LogP contribution is 2.29. The fourth-order valence-electron chi connectivity index (χ4n) is 4.63. The van der Waals surface area contributed by atoms with Gasteiger partial charge in [-0.05, 0) is 43.0 Å². The van der Waals surface area contributed by atoms with E-state index in [1.807, 2.05) is 62.0 Å². The second-order valence-corrected chi connectivity index (χ2v) is 9.33. The van der Waals surface area contributed by atoms with Crippen LogP contribution < -0.4 is 5.32 Å². The topological polar surface area (TPSA) is 62.7 Å². The third kappa shape index (κ3) is 4.96. The van der Waals surface area contributed by atoms with E-state index < -0.39 is 6.04 Å². The summed E-state index contributed by atoms with van der Waals surface area (Å²) in [4.78, 5) is 17.2. The lowest BCUT2D eigenvalue weighted by Crippen LogP contribution is -2.36. The predicted octanol–water partition coefficient (Wildman–Crippen LogP) is 6.02. The van der Waals surface area contributed by atoms with E-state index in [-0.39, 0.29) is 11.8 Å². The summed E-state index contributed by atoms with van der Waals surface area (Å²) in [6.45, 7) is 4.23. The highest BCUT2D eigenvalue weighted by molar-refractivity contribution is 6.11. The number of nitrogens with zero attached hydrogens (tertiary/aromatic N) is 2. The van der Waals surface area contributed by atoms with E-state index in [0.717, 1.165) is 34.0 Å². The maximum Gasteiger partial charge on any atom is 0.186 e. The van der Waals surface area contributed by atoms with E-state index in [0.29, 0.717) is 5.56 Å². The molecule has 2 atom stereocenters. The number of aromatic amines is 1. The van der Waals surface area contributed by atoms with Crippen LogP contribution >= 0.6 is 0 Å². The Kier molecular flexibility index (Phi) is 6.34. The van der Waals surface area contributed by atoms with Gasteiger partial charge in [0.1, 0.15) is 0 Å². The van der Waals surface area contributed by atoms with Crippen LogP contribution in [0.5, 0.6) is 0 Å². The van der Waals surface area contributed by atoms with Gasteiger partial charge in [0, 0.05) is 47.5 Å². The lowest BCUT2D eigenvalue weighted by Gasteiger charge is -2.23. The van der Waals surface area contributed by atoms with E-state index in [1.54, 1.807) is 4.68 Å². The number of fused-ring (bicyclic) bond motifs is 1. The lowest BCUT2D eigenvalue weighted by atomic mass is 9.95. The van der Waals surface area contributed by atoms with Crippen molar-refractivity contribution in [2.45, 2.75) is 32.4 Å². The standard InChI is InChI=1S/C30H30N4O/c1-20-9-11-22(12-10-20)15-21(2)33-29(23-7-5-4-6-8-23)30(35)27-18-31-28-16-24(13-14-26(27)28)25-17-32-34(3)19-25/h4-14,16-19,21,29,31,33H,15H2,1-3H3/t21?,29-/m0/s1. The van der Waals surface area contributed by atoms with Crippen molar-refractivity contribution in [3.05, 3.63) is 114 Å². The fourth-order valence-corrected chi connectivity index (χ4v) is 4.63. The highest BCUT2D eigenvalue weighted by atomic mass is 16.1. The summed E-state index contributed by atoms with van der Waals surface area (Å²) >= 11 is 0. The average molecular weight is 463 g/mol. The first-order valence-electron chi connectivity index (χ1n) is 12.0. The number of ketones is 1. The van der Waals surface area contributed by atoms with Crippen LogP contribution in [0.2, 0.25) is 0 Å². The molecule has 5 nitrogen and oxygen atoms in total. The molecule has 5 aromatic rings. The molecule has 0 aliphatic rings. The largest absolute Gasteiger partial charge is 0.360 e. The van der Waals surface area contributed by atoms with E-state index in [2.05, 4.69) is 65.6 Å². The van der Waals surface area contributed by atoms with Crippen LogP contribution in [0.25, 0.3) is 22.0 Å². The second kappa shape index (κ2) is 9.72.